The van der Waals surface area contributed by atoms with Crippen LogP contribution < -0.4 is 10.1 Å². The highest BCUT2D eigenvalue weighted by molar-refractivity contribution is 14.1. The zero-order valence-electron chi connectivity index (χ0n) is 16.1. The van der Waals surface area contributed by atoms with Gasteiger partial charge in [0, 0.05) is 9.26 Å². The maximum atomic E-state index is 12.4. The molecule has 0 heterocycles. The summed E-state index contributed by atoms with van der Waals surface area (Å²) in [5.74, 6) is -0.568. The van der Waals surface area contributed by atoms with Gasteiger partial charge < -0.3 is 10.1 Å². The number of nitrogens with one attached hydrogen (secondary N) is 1. The number of aryl methyl sites for hydroxylation is 1. The van der Waals surface area contributed by atoms with Crippen LogP contribution in [0.2, 0.25) is 0 Å². The second-order valence-electron chi connectivity index (χ2n) is 6.46. The first kappa shape index (κ1) is 21.3. The molecule has 0 aliphatic carbocycles. The predicted octanol–water partition coefficient (Wildman–Crippen LogP) is 5.36. The molecule has 0 radical (unpaired) electrons. The van der Waals surface area contributed by atoms with E-state index in [2.05, 4.69) is 27.9 Å². The molecule has 5 nitrogen and oxygen atoms in total. The first-order valence-corrected chi connectivity index (χ1v) is 10.1. The number of carbonyl (C=O) groups is 2. The highest BCUT2D eigenvalue weighted by Gasteiger charge is 2.11. The number of halogens is 1. The molecule has 0 spiro atoms. The number of rotatable bonds is 5. The van der Waals surface area contributed by atoms with Gasteiger partial charge in [-0.1, -0.05) is 29.8 Å². The van der Waals surface area contributed by atoms with Crippen molar-refractivity contribution in [1.82, 2.24) is 0 Å². The number of hydrogen-bond acceptors (Lipinski definition) is 4. The van der Waals surface area contributed by atoms with Crippen molar-refractivity contribution in [2.24, 2.45) is 0 Å². The molecule has 3 aromatic carbocycles. The van der Waals surface area contributed by atoms with Crippen LogP contribution in [0.3, 0.4) is 0 Å². The fraction of sp³-hybridized carbons (Fsp3) is 0.0417. The van der Waals surface area contributed by atoms with E-state index in [1.165, 1.54) is 6.08 Å². The summed E-state index contributed by atoms with van der Waals surface area (Å²) in [6.07, 6.45) is 1.48. The zero-order valence-corrected chi connectivity index (χ0v) is 18.2. The van der Waals surface area contributed by atoms with Gasteiger partial charge in [-0.15, -0.1) is 0 Å². The standard InChI is InChI=1S/C24H17IN2O3/c1-16-2-6-18(7-3-16)24(29)30-22-12-4-17(5-13-22)14-19(15-26)23(28)27-21-10-8-20(25)9-11-21/h2-14H,1H3,(H,27,28)/b19-14+. The predicted molar refractivity (Wildman–Crippen MR) is 124 cm³/mol. The lowest BCUT2D eigenvalue weighted by Gasteiger charge is -2.06. The van der Waals surface area contributed by atoms with Gasteiger partial charge in [0.1, 0.15) is 17.4 Å². The SMILES string of the molecule is Cc1ccc(C(=O)Oc2ccc(/C=C(\C#N)C(=O)Nc3ccc(I)cc3)cc2)cc1. The monoisotopic (exact) mass is 508 g/mol. The average molecular weight is 508 g/mol. The van der Waals surface area contributed by atoms with Crippen molar-refractivity contribution in [3.05, 3.63) is 98.6 Å². The van der Waals surface area contributed by atoms with E-state index in [0.29, 0.717) is 22.6 Å². The number of anilines is 1. The van der Waals surface area contributed by atoms with Gasteiger partial charge in [-0.2, -0.15) is 5.26 Å². The van der Waals surface area contributed by atoms with Gasteiger partial charge in [0.25, 0.3) is 5.91 Å². The Hall–Kier alpha value is -3.44. The summed E-state index contributed by atoms with van der Waals surface area (Å²) < 4.78 is 6.40. The molecule has 148 valence electrons. The summed E-state index contributed by atoms with van der Waals surface area (Å²) >= 11 is 2.17. The smallest absolute Gasteiger partial charge is 0.343 e. The van der Waals surface area contributed by atoms with Crippen molar-refractivity contribution in [3.63, 3.8) is 0 Å². The Morgan fingerprint density at radius 1 is 0.967 bits per heavy atom. The van der Waals surface area contributed by atoms with E-state index in [1.807, 2.05) is 37.3 Å². The third-order valence-corrected chi connectivity index (χ3v) is 4.88. The molecule has 0 aliphatic heterocycles. The Bertz CT molecular complexity index is 1130. The maximum Gasteiger partial charge on any atom is 0.343 e. The number of benzene rings is 3. The largest absolute Gasteiger partial charge is 0.423 e. The molecule has 0 atom stereocenters. The van der Waals surface area contributed by atoms with Gasteiger partial charge in [0.15, 0.2) is 0 Å². The van der Waals surface area contributed by atoms with Crippen LogP contribution in [0.4, 0.5) is 5.69 Å². The van der Waals surface area contributed by atoms with Crippen LogP contribution >= 0.6 is 22.6 Å². The van der Waals surface area contributed by atoms with E-state index in [4.69, 9.17) is 4.74 Å². The molecule has 6 heteroatoms. The van der Waals surface area contributed by atoms with Crippen LogP contribution in [0.1, 0.15) is 21.5 Å². The number of hydrogen-bond donors (Lipinski definition) is 1. The third kappa shape index (κ3) is 5.78. The Morgan fingerprint density at radius 2 is 1.60 bits per heavy atom. The molecular formula is C24H17IN2O3. The van der Waals surface area contributed by atoms with Crippen molar-refractivity contribution in [3.8, 4) is 11.8 Å². The number of nitrogens with zero attached hydrogens (tertiary/aromatic N) is 1. The molecule has 0 aromatic heterocycles. The molecule has 0 unspecified atom stereocenters. The van der Waals surface area contributed by atoms with Gasteiger partial charge in [0.2, 0.25) is 0 Å². The molecule has 0 aliphatic rings. The minimum Gasteiger partial charge on any atom is -0.423 e. The lowest BCUT2D eigenvalue weighted by atomic mass is 10.1. The summed E-state index contributed by atoms with van der Waals surface area (Å²) in [4.78, 5) is 24.5. The number of ether oxygens (including phenoxy) is 1. The average Bonchev–Trinajstić information content (AvgIpc) is 2.75. The highest BCUT2D eigenvalue weighted by atomic mass is 127. The molecule has 1 N–H and O–H groups in total. The van der Waals surface area contributed by atoms with Gasteiger partial charge in [0.05, 0.1) is 5.56 Å². The van der Waals surface area contributed by atoms with Crippen LogP contribution in [0.15, 0.2) is 78.4 Å². The van der Waals surface area contributed by atoms with E-state index >= 15 is 0 Å². The summed E-state index contributed by atoms with van der Waals surface area (Å²) in [6, 6.07) is 22.9. The molecule has 0 saturated carbocycles. The summed E-state index contributed by atoms with van der Waals surface area (Å²) in [7, 11) is 0. The van der Waals surface area contributed by atoms with Crippen molar-refractivity contribution in [2.45, 2.75) is 6.92 Å². The second-order valence-corrected chi connectivity index (χ2v) is 7.70. The topological polar surface area (TPSA) is 79.2 Å². The molecular weight excluding hydrogens is 491 g/mol. The Labute approximate surface area is 188 Å². The lowest BCUT2D eigenvalue weighted by Crippen LogP contribution is -2.13. The lowest BCUT2D eigenvalue weighted by molar-refractivity contribution is -0.112. The summed E-state index contributed by atoms with van der Waals surface area (Å²) in [5, 5.41) is 12.0. The van der Waals surface area contributed by atoms with Crippen LogP contribution in [0, 0.1) is 21.8 Å². The first-order chi connectivity index (χ1) is 14.4. The molecule has 30 heavy (non-hydrogen) atoms. The molecule has 1 amide bonds. The number of amides is 1. The minimum absolute atomic E-state index is 0.0297. The Morgan fingerprint density at radius 3 is 2.20 bits per heavy atom. The van der Waals surface area contributed by atoms with Gasteiger partial charge in [-0.25, -0.2) is 4.79 Å². The van der Waals surface area contributed by atoms with Crippen LogP contribution in [0.25, 0.3) is 6.08 Å². The van der Waals surface area contributed by atoms with Gasteiger partial charge in [-0.3, -0.25) is 4.79 Å². The number of carbonyl (C=O) groups excluding carboxylic acids is 2. The van der Waals surface area contributed by atoms with Crippen molar-refractivity contribution < 1.29 is 14.3 Å². The quantitative estimate of drug-likeness (QED) is 0.165. The van der Waals surface area contributed by atoms with Crippen LogP contribution in [-0.2, 0) is 4.79 Å². The highest BCUT2D eigenvalue weighted by Crippen LogP contribution is 2.18. The fourth-order valence-electron chi connectivity index (χ4n) is 2.53. The molecule has 0 bridgehead atoms. The first-order valence-electron chi connectivity index (χ1n) is 9.02. The maximum absolute atomic E-state index is 12.4. The molecule has 0 saturated heterocycles. The van der Waals surface area contributed by atoms with E-state index in [1.54, 1.807) is 48.5 Å². The third-order valence-electron chi connectivity index (χ3n) is 4.16. The van der Waals surface area contributed by atoms with Crippen molar-refractivity contribution in [1.29, 1.82) is 5.26 Å². The zero-order chi connectivity index (χ0) is 21.5. The normalized spacial score (nSPS) is 10.8. The van der Waals surface area contributed by atoms with Gasteiger partial charge in [-0.05, 0) is 89.7 Å². The van der Waals surface area contributed by atoms with Crippen molar-refractivity contribution in [2.75, 3.05) is 5.32 Å². The molecule has 0 fully saturated rings. The molecule has 3 aromatic rings. The second kappa shape index (κ2) is 9.85. The number of esters is 1. The Kier molecular flexibility index (Phi) is 6.99. The van der Waals surface area contributed by atoms with Gasteiger partial charge >= 0.3 is 5.97 Å². The molecule has 3 rings (SSSR count). The van der Waals surface area contributed by atoms with Crippen molar-refractivity contribution >= 4 is 46.2 Å². The number of nitriles is 1. The van der Waals surface area contributed by atoms with E-state index < -0.39 is 11.9 Å². The minimum atomic E-state index is -0.492. The van der Waals surface area contributed by atoms with Crippen LogP contribution in [-0.4, -0.2) is 11.9 Å². The van der Waals surface area contributed by atoms with E-state index in [0.717, 1.165) is 9.13 Å². The summed E-state index contributed by atoms with van der Waals surface area (Å²) in [6.45, 7) is 1.94. The Balaban J connectivity index is 1.67. The van der Waals surface area contributed by atoms with E-state index in [-0.39, 0.29) is 5.57 Å². The fourth-order valence-corrected chi connectivity index (χ4v) is 2.89. The van der Waals surface area contributed by atoms with E-state index in [9.17, 15) is 14.9 Å². The van der Waals surface area contributed by atoms with Crippen LogP contribution in [0.5, 0.6) is 5.75 Å². The summed E-state index contributed by atoms with van der Waals surface area (Å²) in [5.41, 5.74) is 2.74.